The van der Waals surface area contributed by atoms with Gasteiger partial charge in [-0.05, 0) is 65.4 Å². The van der Waals surface area contributed by atoms with Gasteiger partial charge < -0.3 is 13.6 Å². The largest absolute Gasteiger partial charge is 0.456 e. The first-order valence-corrected chi connectivity index (χ1v) is 14.7. The predicted octanol–water partition coefficient (Wildman–Crippen LogP) is 10.9. The third-order valence-electron chi connectivity index (χ3n) is 9.07. The van der Waals surface area contributed by atoms with E-state index in [1.54, 1.807) is 0 Å². The summed E-state index contributed by atoms with van der Waals surface area (Å²) in [5.41, 5.74) is 8.89. The van der Waals surface area contributed by atoms with Gasteiger partial charge in [0.2, 0.25) is 0 Å². The first-order valence-electron chi connectivity index (χ1n) is 14.7. The van der Waals surface area contributed by atoms with Crippen LogP contribution >= 0.6 is 0 Å². The molecule has 0 spiro atoms. The monoisotopic (exact) mass is 548 g/mol. The summed E-state index contributed by atoms with van der Waals surface area (Å²) in [7, 11) is 0. The molecule has 3 aromatic heterocycles. The fourth-order valence-electron chi connectivity index (χ4n) is 7.29. The molecular formula is C40H24N2O. The van der Waals surface area contributed by atoms with Crippen LogP contribution in [0.5, 0.6) is 0 Å². The smallest absolute Gasteiger partial charge is 0.137 e. The molecule has 200 valence electrons. The van der Waals surface area contributed by atoms with Crippen LogP contribution in [0.1, 0.15) is 0 Å². The molecule has 43 heavy (non-hydrogen) atoms. The molecule has 7 aromatic carbocycles. The van der Waals surface area contributed by atoms with Crippen LogP contribution < -0.4 is 0 Å². The number of para-hydroxylation sites is 3. The molecule has 0 saturated carbocycles. The topological polar surface area (TPSA) is 23.0 Å². The van der Waals surface area contributed by atoms with Crippen LogP contribution in [0.3, 0.4) is 0 Å². The second-order valence-corrected chi connectivity index (χ2v) is 11.3. The van der Waals surface area contributed by atoms with Gasteiger partial charge in [0.05, 0.1) is 33.1 Å². The van der Waals surface area contributed by atoms with E-state index in [-0.39, 0.29) is 0 Å². The highest BCUT2D eigenvalue weighted by atomic mass is 16.3. The second-order valence-electron chi connectivity index (χ2n) is 11.3. The molecule has 0 amide bonds. The molecule has 0 aliphatic heterocycles. The summed E-state index contributed by atoms with van der Waals surface area (Å²) in [6, 6.07) is 52.2. The third kappa shape index (κ3) is 3.03. The molecule has 0 aliphatic rings. The van der Waals surface area contributed by atoms with E-state index in [0.717, 1.165) is 33.3 Å². The summed E-state index contributed by atoms with van der Waals surface area (Å²) in [5, 5.41) is 9.67. The molecule has 0 aliphatic carbocycles. The zero-order chi connectivity index (χ0) is 28.1. The van der Waals surface area contributed by atoms with Crippen molar-refractivity contribution in [2.45, 2.75) is 0 Å². The van der Waals surface area contributed by atoms with Gasteiger partial charge in [0.1, 0.15) is 11.2 Å². The molecule has 0 atom stereocenters. The Labute approximate surface area is 246 Å². The summed E-state index contributed by atoms with van der Waals surface area (Å²) in [6.07, 6.45) is 0. The Kier molecular flexibility index (Phi) is 4.45. The lowest BCUT2D eigenvalue weighted by Crippen LogP contribution is -1.95. The molecule has 3 heterocycles. The molecule has 10 rings (SSSR count). The summed E-state index contributed by atoms with van der Waals surface area (Å²) < 4.78 is 11.4. The average Bonchev–Trinajstić information content (AvgIpc) is 3.71. The van der Waals surface area contributed by atoms with Gasteiger partial charge in [-0.15, -0.1) is 0 Å². The summed E-state index contributed by atoms with van der Waals surface area (Å²) in [6.45, 7) is 0. The summed E-state index contributed by atoms with van der Waals surface area (Å²) >= 11 is 0. The molecule has 0 radical (unpaired) electrons. The van der Waals surface area contributed by atoms with Crippen LogP contribution in [0, 0.1) is 0 Å². The maximum absolute atomic E-state index is 6.49. The first-order chi connectivity index (χ1) is 21.3. The Balaban J connectivity index is 1.41. The lowest BCUT2D eigenvalue weighted by atomic mass is 10.1. The van der Waals surface area contributed by atoms with E-state index < -0.39 is 0 Å². The van der Waals surface area contributed by atoms with Crippen LogP contribution in [0.4, 0.5) is 0 Å². The second kappa shape index (κ2) is 8.37. The number of nitrogens with zero attached hydrogens (tertiary/aromatic N) is 2. The minimum Gasteiger partial charge on any atom is -0.456 e. The molecular weight excluding hydrogens is 524 g/mol. The molecule has 0 unspecified atom stereocenters. The van der Waals surface area contributed by atoms with E-state index in [2.05, 4.69) is 155 Å². The van der Waals surface area contributed by atoms with Crippen molar-refractivity contribution < 1.29 is 4.42 Å². The lowest BCUT2D eigenvalue weighted by molar-refractivity contribution is 0.669. The van der Waals surface area contributed by atoms with Crippen molar-refractivity contribution in [2.75, 3.05) is 0 Å². The van der Waals surface area contributed by atoms with E-state index in [4.69, 9.17) is 4.42 Å². The van der Waals surface area contributed by atoms with Crippen molar-refractivity contribution in [2.24, 2.45) is 0 Å². The van der Waals surface area contributed by atoms with Crippen LogP contribution in [0.25, 0.3) is 87.7 Å². The molecule has 0 fully saturated rings. The Morgan fingerprint density at radius 2 is 1.09 bits per heavy atom. The van der Waals surface area contributed by atoms with Crippen LogP contribution in [-0.4, -0.2) is 9.13 Å². The van der Waals surface area contributed by atoms with Gasteiger partial charge in [0.15, 0.2) is 0 Å². The molecule has 10 aromatic rings. The summed E-state index contributed by atoms with van der Waals surface area (Å²) in [5.74, 6) is 0. The van der Waals surface area contributed by atoms with E-state index in [1.165, 1.54) is 54.4 Å². The Hall–Kier alpha value is -5.80. The van der Waals surface area contributed by atoms with Gasteiger partial charge in [-0.25, -0.2) is 0 Å². The fraction of sp³-hybridized carbons (Fsp3) is 0. The van der Waals surface area contributed by atoms with Crippen molar-refractivity contribution in [1.29, 1.82) is 0 Å². The van der Waals surface area contributed by atoms with Crippen molar-refractivity contribution in [3.63, 3.8) is 0 Å². The zero-order valence-electron chi connectivity index (χ0n) is 23.2. The minimum absolute atomic E-state index is 0.896. The van der Waals surface area contributed by atoms with Crippen LogP contribution in [0.15, 0.2) is 150 Å². The molecule has 0 saturated heterocycles. The highest BCUT2D eigenvalue weighted by Gasteiger charge is 2.22. The SMILES string of the molecule is c1ccc(-n2c3ccccc3c3ccc4c(c5ccccc5n4-c4cccc5oc6cc7ccccc7cc6c45)c32)cc1. The Bertz CT molecular complexity index is 2720. The normalized spacial score (nSPS) is 12.2. The number of hydrogen-bond acceptors (Lipinski definition) is 1. The third-order valence-corrected chi connectivity index (χ3v) is 9.07. The van der Waals surface area contributed by atoms with Gasteiger partial charge >= 0.3 is 0 Å². The average molecular weight is 549 g/mol. The maximum Gasteiger partial charge on any atom is 0.137 e. The number of fused-ring (bicyclic) bond motifs is 11. The standard InChI is InChI=1S/C40H24N2O/c1-2-13-27(14-3-1)41-32-17-8-6-15-28(32)29-21-22-35-39(40(29)41)30-16-7-9-18-33(30)42(35)34-19-10-20-36-38(34)31-23-25-11-4-5-12-26(25)24-37(31)43-36/h1-24H. The maximum atomic E-state index is 6.49. The molecule has 3 heteroatoms. The minimum atomic E-state index is 0.896. The number of rotatable bonds is 2. The quantitative estimate of drug-likeness (QED) is 0.211. The van der Waals surface area contributed by atoms with Gasteiger partial charge in [0, 0.05) is 32.6 Å². The van der Waals surface area contributed by atoms with Gasteiger partial charge in [0.25, 0.3) is 0 Å². The van der Waals surface area contributed by atoms with Crippen LogP contribution in [0.2, 0.25) is 0 Å². The fourth-order valence-corrected chi connectivity index (χ4v) is 7.29. The predicted molar refractivity (Wildman–Crippen MR) is 180 cm³/mol. The number of aromatic nitrogens is 2. The lowest BCUT2D eigenvalue weighted by Gasteiger charge is -2.11. The van der Waals surface area contributed by atoms with Gasteiger partial charge in [-0.2, -0.15) is 0 Å². The van der Waals surface area contributed by atoms with Crippen molar-refractivity contribution in [3.8, 4) is 11.4 Å². The zero-order valence-corrected chi connectivity index (χ0v) is 23.2. The number of hydrogen-bond donors (Lipinski definition) is 0. The van der Waals surface area contributed by atoms with E-state index in [1.807, 2.05) is 0 Å². The Morgan fingerprint density at radius 3 is 1.93 bits per heavy atom. The van der Waals surface area contributed by atoms with Gasteiger partial charge in [-0.1, -0.05) is 91.0 Å². The van der Waals surface area contributed by atoms with E-state index in [0.29, 0.717) is 0 Å². The molecule has 3 nitrogen and oxygen atoms in total. The summed E-state index contributed by atoms with van der Waals surface area (Å²) in [4.78, 5) is 0. The highest BCUT2D eigenvalue weighted by Crippen LogP contribution is 2.44. The number of benzene rings is 7. The van der Waals surface area contributed by atoms with Gasteiger partial charge in [-0.3, -0.25) is 0 Å². The van der Waals surface area contributed by atoms with E-state index >= 15 is 0 Å². The van der Waals surface area contributed by atoms with E-state index in [9.17, 15) is 0 Å². The van der Waals surface area contributed by atoms with Crippen molar-refractivity contribution in [3.05, 3.63) is 146 Å². The Morgan fingerprint density at radius 1 is 0.395 bits per heavy atom. The number of furan rings is 1. The van der Waals surface area contributed by atoms with Crippen LogP contribution in [-0.2, 0) is 0 Å². The van der Waals surface area contributed by atoms with Crippen molar-refractivity contribution in [1.82, 2.24) is 9.13 Å². The highest BCUT2D eigenvalue weighted by molar-refractivity contribution is 6.27. The van der Waals surface area contributed by atoms with Crippen molar-refractivity contribution >= 4 is 76.3 Å². The molecule has 0 bridgehead atoms. The molecule has 0 N–H and O–H groups in total. The first kappa shape index (κ1) is 22.8.